The molecule has 5 nitrogen and oxygen atoms in total. The first-order chi connectivity index (χ1) is 9.61. The van der Waals surface area contributed by atoms with Gasteiger partial charge in [0.25, 0.3) is 0 Å². The van der Waals surface area contributed by atoms with Crippen molar-refractivity contribution in [2.24, 2.45) is 0 Å². The third kappa shape index (κ3) is 3.17. The Kier molecular flexibility index (Phi) is 4.40. The van der Waals surface area contributed by atoms with Crippen LogP contribution < -0.4 is 11.1 Å². The van der Waals surface area contributed by atoms with Gasteiger partial charge in [0, 0.05) is 24.0 Å². The van der Waals surface area contributed by atoms with Gasteiger partial charge in [0.1, 0.15) is 6.04 Å². The second-order valence-electron chi connectivity index (χ2n) is 4.80. The van der Waals surface area contributed by atoms with Gasteiger partial charge in [-0.25, -0.2) is 0 Å². The number of nitrogens with zero attached hydrogens (tertiary/aromatic N) is 2. The largest absolute Gasteiger partial charge is 0.399 e. The van der Waals surface area contributed by atoms with Crippen LogP contribution in [-0.4, -0.2) is 22.2 Å². The minimum absolute atomic E-state index is 0.0150. The van der Waals surface area contributed by atoms with Crippen molar-refractivity contribution in [2.45, 2.75) is 26.3 Å². The highest BCUT2D eigenvalue weighted by Gasteiger charge is 2.15. The number of hydrogen-bond acceptors (Lipinski definition) is 3. The molecule has 0 aliphatic rings. The van der Waals surface area contributed by atoms with E-state index in [0.717, 1.165) is 23.2 Å². The minimum Gasteiger partial charge on any atom is -0.399 e. The number of carbonyl (C=O) groups excluding carboxylic acids is 1. The Morgan fingerprint density at radius 1 is 1.35 bits per heavy atom. The average molecular weight is 272 g/mol. The Morgan fingerprint density at radius 3 is 2.70 bits per heavy atom. The van der Waals surface area contributed by atoms with Crippen molar-refractivity contribution in [2.75, 3.05) is 12.3 Å². The summed E-state index contributed by atoms with van der Waals surface area (Å²) in [5, 5.41) is 7.14. The molecule has 0 spiro atoms. The van der Waals surface area contributed by atoms with Gasteiger partial charge < -0.3 is 11.1 Å². The van der Waals surface area contributed by atoms with E-state index in [4.69, 9.17) is 5.73 Å². The average Bonchev–Trinajstić information content (AvgIpc) is 2.94. The molecule has 20 heavy (non-hydrogen) atoms. The van der Waals surface area contributed by atoms with E-state index in [1.54, 1.807) is 10.9 Å². The standard InChI is InChI=1S/C15H20N4O/c1-3-8-17-15(20)11(2)19-10-13(9-18-19)12-4-6-14(16)7-5-12/h4-7,9-11H,3,8,16H2,1-2H3,(H,17,20). The second-order valence-corrected chi connectivity index (χ2v) is 4.80. The zero-order valence-corrected chi connectivity index (χ0v) is 11.8. The summed E-state index contributed by atoms with van der Waals surface area (Å²) in [6.07, 6.45) is 4.56. The molecule has 0 fully saturated rings. The van der Waals surface area contributed by atoms with Crippen LogP contribution in [0.1, 0.15) is 26.3 Å². The maximum absolute atomic E-state index is 11.9. The van der Waals surface area contributed by atoms with E-state index in [9.17, 15) is 4.79 Å². The lowest BCUT2D eigenvalue weighted by atomic mass is 10.1. The van der Waals surface area contributed by atoms with Crippen LogP contribution in [0, 0.1) is 0 Å². The third-order valence-electron chi connectivity index (χ3n) is 3.17. The highest BCUT2D eigenvalue weighted by Crippen LogP contribution is 2.21. The number of hydrogen-bond donors (Lipinski definition) is 2. The molecule has 1 heterocycles. The maximum atomic E-state index is 11.9. The van der Waals surface area contributed by atoms with Gasteiger partial charge in [0.05, 0.1) is 6.20 Å². The number of nitrogens with two attached hydrogens (primary N) is 1. The Morgan fingerprint density at radius 2 is 2.05 bits per heavy atom. The van der Waals surface area contributed by atoms with Crippen molar-refractivity contribution in [3.8, 4) is 11.1 Å². The lowest BCUT2D eigenvalue weighted by Gasteiger charge is -2.11. The highest BCUT2D eigenvalue weighted by atomic mass is 16.2. The monoisotopic (exact) mass is 272 g/mol. The molecule has 5 heteroatoms. The number of anilines is 1. The molecule has 1 aromatic carbocycles. The molecule has 0 saturated carbocycles. The summed E-state index contributed by atoms with van der Waals surface area (Å²) >= 11 is 0. The van der Waals surface area contributed by atoms with Gasteiger partial charge in [0.15, 0.2) is 0 Å². The van der Waals surface area contributed by atoms with Crippen LogP contribution in [0.3, 0.4) is 0 Å². The van der Waals surface area contributed by atoms with Crippen molar-refractivity contribution in [1.82, 2.24) is 15.1 Å². The lowest BCUT2D eigenvalue weighted by Crippen LogP contribution is -2.31. The molecule has 0 saturated heterocycles. The first-order valence-corrected chi connectivity index (χ1v) is 6.79. The van der Waals surface area contributed by atoms with Crippen molar-refractivity contribution >= 4 is 11.6 Å². The van der Waals surface area contributed by atoms with E-state index in [1.165, 1.54) is 0 Å². The van der Waals surface area contributed by atoms with Crippen LogP contribution in [0.15, 0.2) is 36.7 Å². The van der Waals surface area contributed by atoms with Crippen LogP contribution >= 0.6 is 0 Å². The van der Waals surface area contributed by atoms with E-state index in [2.05, 4.69) is 10.4 Å². The molecule has 0 aliphatic carbocycles. The third-order valence-corrected chi connectivity index (χ3v) is 3.17. The quantitative estimate of drug-likeness (QED) is 0.820. The van der Waals surface area contributed by atoms with Gasteiger partial charge in [-0.1, -0.05) is 19.1 Å². The Labute approximate surface area is 118 Å². The summed E-state index contributed by atoms with van der Waals surface area (Å²) in [4.78, 5) is 11.9. The molecule has 2 rings (SSSR count). The van der Waals surface area contributed by atoms with Crippen molar-refractivity contribution < 1.29 is 4.79 Å². The molecular formula is C15H20N4O. The molecule has 2 aromatic rings. The molecule has 106 valence electrons. The zero-order valence-electron chi connectivity index (χ0n) is 11.8. The summed E-state index contributed by atoms with van der Waals surface area (Å²) < 4.78 is 1.68. The Balaban J connectivity index is 2.12. The van der Waals surface area contributed by atoms with Gasteiger partial charge in [0.2, 0.25) is 5.91 Å². The molecule has 1 unspecified atom stereocenters. The molecule has 1 amide bonds. The molecule has 1 atom stereocenters. The predicted molar refractivity (Wildman–Crippen MR) is 80.1 cm³/mol. The van der Waals surface area contributed by atoms with Crippen molar-refractivity contribution in [1.29, 1.82) is 0 Å². The molecule has 0 bridgehead atoms. The van der Waals surface area contributed by atoms with Gasteiger partial charge in [-0.05, 0) is 31.0 Å². The van der Waals surface area contributed by atoms with E-state index in [0.29, 0.717) is 6.54 Å². The summed E-state index contributed by atoms with van der Waals surface area (Å²) in [5.74, 6) is -0.0150. The van der Waals surface area contributed by atoms with E-state index in [-0.39, 0.29) is 11.9 Å². The molecule has 0 radical (unpaired) electrons. The predicted octanol–water partition coefficient (Wildman–Crippen LogP) is 2.22. The van der Waals surface area contributed by atoms with Gasteiger partial charge in [-0.3, -0.25) is 9.48 Å². The fourth-order valence-corrected chi connectivity index (χ4v) is 1.89. The van der Waals surface area contributed by atoms with E-state index < -0.39 is 0 Å². The summed E-state index contributed by atoms with van der Waals surface area (Å²) in [5.41, 5.74) is 8.41. The molecule has 0 aliphatic heterocycles. The Hall–Kier alpha value is -2.30. The SMILES string of the molecule is CCCNC(=O)C(C)n1cc(-c2ccc(N)cc2)cn1. The first-order valence-electron chi connectivity index (χ1n) is 6.79. The fraction of sp³-hybridized carbons (Fsp3) is 0.333. The van der Waals surface area contributed by atoms with Gasteiger partial charge >= 0.3 is 0 Å². The number of benzene rings is 1. The number of nitrogen functional groups attached to an aromatic ring is 1. The second kappa shape index (κ2) is 6.23. The van der Waals surface area contributed by atoms with E-state index in [1.807, 2.05) is 44.3 Å². The summed E-state index contributed by atoms with van der Waals surface area (Å²) in [6, 6.07) is 7.27. The van der Waals surface area contributed by atoms with Crippen LogP contribution in [0.25, 0.3) is 11.1 Å². The molecular weight excluding hydrogens is 252 g/mol. The Bertz CT molecular complexity index is 574. The highest BCUT2D eigenvalue weighted by molar-refractivity contribution is 5.80. The number of nitrogens with one attached hydrogen (secondary N) is 1. The van der Waals surface area contributed by atoms with E-state index >= 15 is 0 Å². The van der Waals surface area contributed by atoms with Gasteiger partial charge in [-0.15, -0.1) is 0 Å². The number of aromatic nitrogens is 2. The fourth-order valence-electron chi connectivity index (χ4n) is 1.89. The zero-order chi connectivity index (χ0) is 14.5. The normalized spacial score (nSPS) is 12.1. The summed E-state index contributed by atoms with van der Waals surface area (Å²) in [6.45, 7) is 4.55. The molecule has 1 aromatic heterocycles. The maximum Gasteiger partial charge on any atom is 0.244 e. The topological polar surface area (TPSA) is 72.9 Å². The smallest absolute Gasteiger partial charge is 0.244 e. The van der Waals surface area contributed by atoms with Crippen molar-refractivity contribution in [3.05, 3.63) is 36.7 Å². The number of amides is 1. The molecule has 3 N–H and O–H groups in total. The summed E-state index contributed by atoms with van der Waals surface area (Å²) in [7, 11) is 0. The van der Waals surface area contributed by atoms with Crippen molar-refractivity contribution in [3.63, 3.8) is 0 Å². The number of carbonyl (C=O) groups is 1. The minimum atomic E-state index is -0.316. The lowest BCUT2D eigenvalue weighted by molar-refractivity contribution is -0.124. The first kappa shape index (κ1) is 14.1. The van der Waals surface area contributed by atoms with Crippen LogP contribution in [0.4, 0.5) is 5.69 Å². The van der Waals surface area contributed by atoms with Crippen LogP contribution in [-0.2, 0) is 4.79 Å². The van der Waals surface area contributed by atoms with Crippen LogP contribution in [0.5, 0.6) is 0 Å². The number of rotatable bonds is 5. The van der Waals surface area contributed by atoms with Gasteiger partial charge in [-0.2, -0.15) is 5.10 Å². The van der Waals surface area contributed by atoms with Crippen LogP contribution in [0.2, 0.25) is 0 Å².